The molecule has 0 unspecified atom stereocenters. The van der Waals surface area contributed by atoms with Gasteiger partial charge in [0.05, 0.1) is 11.3 Å². The van der Waals surface area contributed by atoms with Gasteiger partial charge in [0.25, 0.3) is 5.91 Å². The molecule has 3 nitrogen and oxygen atoms in total. The highest BCUT2D eigenvalue weighted by Crippen LogP contribution is 2.31. The van der Waals surface area contributed by atoms with Crippen LogP contribution in [0.1, 0.15) is 44.0 Å². The fourth-order valence-electron chi connectivity index (χ4n) is 2.32. The Balaban J connectivity index is 2.27. The minimum atomic E-state index is -0.368. The number of hydrogen-bond donors (Lipinski definition) is 1. The molecule has 1 N–H and O–H groups in total. The molecule has 0 radical (unpaired) electrons. The summed E-state index contributed by atoms with van der Waals surface area (Å²) in [5.41, 5.74) is 0.752. The Labute approximate surface area is 120 Å². The predicted molar refractivity (Wildman–Crippen MR) is 79.5 cm³/mol. The van der Waals surface area contributed by atoms with E-state index in [2.05, 4.69) is 5.32 Å². The third-order valence-electron chi connectivity index (χ3n) is 3.63. The van der Waals surface area contributed by atoms with E-state index in [1.54, 1.807) is 12.1 Å². The molecule has 0 atom stereocenters. The standard InChI is InChI=1S/C16H23FN2O/c1-4-18-15-13(6-5-7-14(15)17)16(20)19(11(2)3)10-12-8-9-12/h5-7,11-12,18H,4,8-10H2,1-3H3. The number of amides is 1. The molecule has 0 heterocycles. The SMILES string of the molecule is CCNc1c(F)cccc1C(=O)N(CC1CC1)C(C)C. The van der Waals surface area contributed by atoms with Crippen LogP contribution in [0.4, 0.5) is 10.1 Å². The first-order chi connectivity index (χ1) is 9.54. The minimum Gasteiger partial charge on any atom is -0.382 e. The lowest BCUT2D eigenvalue weighted by Crippen LogP contribution is -2.39. The quantitative estimate of drug-likeness (QED) is 0.863. The van der Waals surface area contributed by atoms with Crippen molar-refractivity contribution in [2.24, 2.45) is 5.92 Å². The first-order valence-corrected chi connectivity index (χ1v) is 7.38. The molecule has 1 fully saturated rings. The zero-order chi connectivity index (χ0) is 14.7. The minimum absolute atomic E-state index is 0.0812. The first-order valence-electron chi connectivity index (χ1n) is 7.38. The van der Waals surface area contributed by atoms with Crippen molar-refractivity contribution in [3.63, 3.8) is 0 Å². The summed E-state index contributed by atoms with van der Waals surface area (Å²) in [6, 6.07) is 4.81. The van der Waals surface area contributed by atoms with E-state index in [0.717, 1.165) is 6.54 Å². The van der Waals surface area contributed by atoms with E-state index < -0.39 is 0 Å². The highest BCUT2D eigenvalue weighted by molar-refractivity contribution is 5.99. The van der Waals surface area contributed by atoms with Crippen LogP contribution in [0.15, 0.2) is 18.2 Å². The number of rotatable bonds is 6. The van der Waals surface area contributed by atoms with E-state index in [1.807, 2.05) is 25.7 Å². The van der Waals surface area contributed by atoms with Gasteiger partial charge in [-0.05, 0) is 51.7 Å². The van der Waals surface area contributed by atoms with Gasteiger partial charge < -0.3 is 10.2 Å². The van der Waals surface area contributed by atoms with E-state index in [-0.39, 0.29) is 17.8 Å². The summed E-state index contributed by atoms with van der Waals surface area (Å²) in [5, 5.41) is 2.97. The Morgan fingerprint density at radius 3 is 2.70 bits per heavy atom. The molecule has 2 rings (SSSR count). The Morgan fingerprint density at radius 1 is 1.45 bits per heavy atom. The molecule has 0 aliphatic heterocycles. The number of nitrogens with one attached hydrogen (secondary N) is 1. The van der Waals surface area contributed by atoms with Gasteiger partial charge in [-0.2, -0.15) is 0 Å². The summed E-state index contributed by atoms with van der Waals surface area (Å²) in [7, 11) is 0. The van der Waals surface area contributed by atoms with Crippen LogP contribution in [-0.4, -0.2) is 29.9 Å². The molecule has 110 valence electrons. The van der Waals surface area contributed by atoms with Crippen LogP contribution >= 0.6 is 0 Å². The first kappa shape index (κ1) is 14.8. The molecule has 0 spiro atoms. The van der Waals surface area contributed by atoms with Crippen LogP contribution in [0, 0.1) is 11.7 Å². The molecule has 0 bridgehead atoms. The van der Waals surface area contributed by atoms with Crippen LogP contribution in [0.3, 0.4) is 0 Å². The molecule has 1 aromatic rings. The van der Waals surface area contributed by atoms with Crippen molar-refractivity contribution < 1.29 is 9.18 Å². The van der Waals surface area contributed by atoms with E-state index in [4.69, 9.17) is 0 Å². The third kappa shape index (κ3) is 3.30. The lowest BCUT2D eigenvalue weighted by atomic mass is 10.1. The lowest BCUT2D eigenvalue weighted by molar-refractivity contribution is 0.0697. The van der Waals surface area contributed by atoms with Crippen molar-refractivity contribution in [2.75, 3.05) is 18.4 Å². The molecule has 1 aliphatic rings. The van der Waals surface area contributed by atoms with Crippen molar-refractivity contribution in [3.8, 4) is 0 Å². The molecular weight excluding hydrogens is 255 g/mol. The number of benzene rings is 1. The summed E-state index contributed by atoms with van der Waals surface area (Å²) in [6.45, 7) is 7.27. The lowest BCUT2D eigenvalue weighted by Gasteiger charge is -2.28. The van der Waals surface area contributed by atoms with Crippen molar-refractivity contribution >= 4 is 11.6 Å². The third-order valence-corrected chi connectivity index (χ3v) is 3.63. The van der Waals surface area contributed by atoms with Gasteiger partial charge in [-0.25, -0.2) is 4.39 Å². The van der Waals surface area contributed by atoms with E-state index in [1.165, 1.54) is 18.9 Å². The molecule has 1 saturated carbocycles. The summed E-state index contributed by atoms with van der Waals surface area (Å²) in [5.74, 6) is 0.174. The Bertz CT molecular complexity index is 483. The van der Waals surface area contributed by atoms with Gasteiger partial charge in [0, 0.05) is 19.1 Å². The number of carbonyl (C=O) groups excluding carboxylic acids is 1. The highest BCUT2D eigenvalue weighted by Gasteiger charge is 2.30. The van der Waals surface area contributed by atoms with Crippen molar-refractivity contribution in [1.29, 1.82) is 0 Å². The summed E-state index contributed by atoms with van der Waals surface area (Å²) in [4.78, 5) is 14.6. The maximum absolute atomic E-state index is 13.9. The molecule has 0 saturated heterocycles. The molecule has 1 amide bonds. The van der Waals surface area contributed by atoms with Gasteiger partial charge in [-0.1, -0.05) is 6.07 Å². The van der Waals surface area contributed by atoms with Crippen molar-refractivity contribution in [3.05, 3.63) is 29.6 Å². The normalized spacial score (nSPS) is 14.4. The van der Waals surface area contributed by atoms with Gasteiger partial charge in [-0.15, -0.1) is 0 Å². The molecule has 20 heavy (non-hydrogen) atoms. The van der Waals surface area contributed by atoms with Crippen molar-refractivity contribution in [2.45, 2.75) is 39.7 Å². The van der Waals surface area contributed by atoms with E-state index >= 15 is 0 Å². The van der Waals surface area contributed by atoms with Gasteiger partial charge in [0.15, 0.2) is 0 Å². The maximum Gasteiger partial charge on any atom is 0.256 e. The van der Waals surface area contributed by atoms with E-state index in [0.29, 0.717) is 23.7 Å². The zero-order valence-electron chi connectivity index (χ0n) is 12.4. The number of anilines is 1. The Morgan fingerprint density at radius 2 is 2.15 bits per heavy atom. The van der Waals surface area contributed by atoms with Crippen LogP contribution in [-0.2, 0) is 0 Å². The number of para-hydroxylation sites is 1. The second-order valence-electron chi connectivity index (χ2n) is 5.69. The average Bonchev–Trinajstić information content (AvgIpc) is 3.21. The fourth-order valence-corrected chi connectivity index (χ4v) is 2.32. The zero-order valence-corrected chi connectivity index (χ0v) is 12.4. The summed E-state index contributed by atoms with van der Waals surface area (Å²) in [6.07, 6.45) is 2.39. The summed E-state index contributed by atoms with van der Waals surface area (Å²) >= 11 is 0. The molecule has 4 heteroatoms. The number of nitrogens with zero attached hydrogens (tertiary/aromatic N) is 1. The van der Waals surface area contributed by atoms with Crippen LogP contribution in [0.25, 0.3) is 0 Å². The fraction of sp³-hybridized carbons (Fsp3) is 0.562. The summed E-state index contributed by atoms with van der Waals surface area (Å²) < 4.78 is 13.9. The second kappa shape index (κ2) is 6.25. The molecular formula is C16H23FN2O. The van der Waals surface area contributed by atoms with Crippen LogP contribution < -0.4 is 5.32 Å². The van der Waals surface area contributed by atoms with Gasteiger partial charge in [-0.3, -0.25) is 4.79 Å². The monoisotopic (exact) mass is 278 g/mol. The Hall–Kier alpha value is -1.58. The van der Waals surface area contributed by atoms with Crippen molar-refractivity contribution in [1.82, 2.24) is 4.90 Å². The topological polar surface area (TPSA) is 32.3 Å². The average molecular weight is 278 g/mol. The number of carbonyl (C=O) groups is 1. The predicted octanol–water partition coefficient (Wildman–Crippen LogP) is 3.52. The highest BCUT2D eigenvalue weighted by atomic mass is 19.1. The molecule has 0 aromatic heterocycles. The van der Waals surface area contributed by atoms with Gasteiger partial charge in [0.1, 0.15) is 5.82 Å². The molecule has 1 aromatic carbocycles. The smallest absolute Gasteiger partial charge is 0.256 e. The maximum atomic E-state index is 13.9. The Kier molecular flexibility index (Phi) is 4.63. The number of hydrogen-bond acceptors (Lipinski definition) is 2. The van der Waals surface area contributed by atoms with Gasteiger partial charge >= 0.3 is 0 Å². The van der Waals surface area contributed by atoms with Crippen LogP contribution in [0.5, 0.6) is 0 Å². The van der Waals surface area contributed by atoms with Gasteiger partial charge in [0.2, 0.25) is 0 Å². The second-order valence-corrected chi connectivity index (χ2v) is 5.69. The number of halogens is 1. The largest absolute Gasteiger partial charge is 0.382 e. The molecule has 1 aliphatic carbocycles. The van der Waals surface area contributed by atoms with E-state index in [9.17, 15) is 9.18 Å². The van der Waals surface area contributed by atoms with Crippen LogP contribution in [0.2, 0.25) is 0 Å².